The van der Waals surface area contributed by atoms with Crippen LogP contribution in [0.2, 0.25) is 0 Å². The van der Waals surface area contributed by atoms with Crippen molar-refractivity contribution >= 4 is 45.4 Å². The highest BCUT2D eigenvalue weighted by Gasteiger charge is 2.22. The maximum atomic E-state index is 12.5. The van der Waals surface area contributed by atoms with Crippen molar-refractivity contribution in [3.63, 3.8) is 0 Å². The van der Waals surface area contributed by atoms with E-state index in [9.17, 15) is 9.59 Å². The Morgan fingerprint density at radius 3 is 2.83 bits per heavy atom. The van der Waals surface area contributed by atoms with Crippen LogP contribution in [0.3, 0.4) is 0 Å². The first-order valence-corrected chi connectivity index (χ1v) is 11.3. The number of esters is 1. The zero-order chi connectivity index (χ0) is 20.4. The Labute approximate surface area is 178 Å². The Morgan fingerprint density at radius 2 is 2.07 bits per heavy atom. The van der Waals surface area contributed by atoms with E-state index in [0.717, 1.165) is 18.5 Å². The maximum absolute atomic E-state index is 12.5. The molecule has 1 aliphatic rings. The SMILES string of the molecule is CC(=O)N(c1ccccc1)c1nc(COC(=O)c2cc3c(s2)CCC(C)C3)cs1. The number of aromatic nitrogens is 1. The van der Waals surface area contributed by atoms with Crippen LogP contribution in [-0.2, 0) is 29.0 Å². The second-order valence-electron chi connectivity index (χ2n) is 7.29. The number of para-hydroxylation sites is 1. The fraction of sp³-hybridized carbons (Fsp3) is 0.318. The number of hydrogen-bond donors (Lipinski definition) is 0. The summed E-state index contributed by atoms with van der Waals surface area (Å²) in [6.45, 7) is 3.85. The van der Waals surface area contributed by atoms with Crippen molar-refractivity contribution in [1.82, 2.24) is 4.98 Å². The number of rotatable bonds is 5. The van der Waals surface area contributed by atoms with Crippen LogP contribution < -0.4 is 4.90 Å². The molecule has 2 aromatic heterocycles. The van der Waals surface area contributed by atoms with E-state index in [1.807, 2.05) is 41.8 Å². The van der Waals surface area contributed by atoms with Gasteiger partial charge in [0.15, 0.2) is 5.13 Å². The first kappa shape index (κ1) is 19.8. The summed E-state index contributed by atoms with van der Waals surface area (Å²) in [5.74, 6) is 0.244. The third kappa shape index (κ3) is 4.41. The van der Waals surface area contributed by atoms with Crippen LogP contribution in [-0.4, -0.2) is 16.9 Å². The highest BCUT2D eigenvalue weighted by atomic mass is 32.1. The van der Waals surface area contributed by atoms with Gasteiger partial charge in [0.25, 0.3) is 0 Å². The molecule has 4 rings (SSSR count). The molecule has 0 spiro atoms. The Bertz CT molecular complexity index is 1030. The molecule has 2 heterocycles. The predicted molar refractivity (Wildman–Crippen MR) is 116 cm³/mol. The van der Waals surface area contributed by atoms with E-state index in [2.05, 4.69) is 11.9 Å². The first-order valence-electron chi connectivity index (χ1n) is 9.60. The molecule has 0 saturated heterocycles. The number of carbonyl (C=O) groups excluding carboxylic acids is 2. The van der Waals surface area contributed by atoms with E-state index in [1.165, 1.54) is 35.1 Å². The van der Waals surface area contributed by atoms with Gasteiger partial charge in [-0.05, 0) is 48.9 Å². The number of ether oxygens (including phenoxy) is 1. The fourth-order valence-corrected chi connectivity index (χ4v) is 5.46. The van der Waals surface area contributed by atoms with Crippen molar-refractivity contribution in [3.05, 3.63) is 62.8 Å². The lowest BCUT2D eigenvalue weighted by Gasteiger charge is -2.17. The minimum absolute atomic E-state index is 0.0921. The van der Waals surface area contributed by atoms with Gasteiger partial charge >= 0.3 is 5.97 Å². The number of anilines is 2. The van der Waals surface area contributed by atoms with Gasteiger partial charge in [0.05, 0.1) is 11.4 Å². The molecular formula is C22H22N2O3S2. The van der Waals surface area contributed by atoms with Gasteiger partial charge in [-0.2, -0.15) is 0 Å². The van der Waals surface area contributed by atoms with Crippen LogP contribution in [0.5, 0.6) is 0 Å². The second kappa shape index (κ2) is 8.47. The molecule has 0 bridgehead atoms. The summed E-state index contributed by atoms with van der Waals surface area (Å²) >= 11 is 2.90. The molecule has 0 aliphatic heterocycles. The van der Waals surface area contributed by atoms with Crippen molar-refractivity contribution in [2.75, 3.05) is 4.90 Å². The number of thiazole rings is 1. The van der Waals surface area contributed by atoms with Crippen LogP contribution in [0, 0.1) is 5.92 Å². The number of fused-ring (bicyclic) bond motifs is 1. The Balaban J connectivity index is 1.43. The predicted octanol–water partition coefficient (Wildman–Crippen LogP) is 5.37. The van der Waals surface area contributed by atoms with Gasteiger partial charge in [0, 0.05) is 17.2 Å². The van der Waals surface area contributed by atoms with Crippen LogP contribution in [0.15, 0.2) is 41.8 Å². The highest BCUT2D eigenvalue weighted by Crippen LogP contribution is 2.33. The molecule has 1 atom stereocenters. The number of aryl methyl sites for hydroxylation is 1. The Hall–Kier alpha value is -2.51. The zero-order valence-corrected chi connectivity index (χ0v) is 18.0. The lowest BCUT2D eigenvalue weighted by Crippen LogP contribution is -2.22. The summed E-state index contributed by atoms with van der Waals surface area (Å²) < 4.78 is 5.49. The van der Waals surface area contributed by atoms with Crippen molar-refractivity contribution < 1.29 is 14.3 Å². The molecule has 0 saturated carbocycles. The van der Waals surface area contributed by atoms with Crippen LogP contribution in [0.1, 0.15) is 46.1 Å². The average Bonchev–Trinajstić information content (AvgIpc) is 3.33. The molecule has 3 aromatic rings. The number of nitrogens with zero attached hydrogens (tertiary/aromatic N) is 2. The van der Waals surface area contributed by atoms with Crippen LogP contribution in [0.25, 0.3) is 0 Å². The highest BCUT2D eigenvalue weighted by molar-refractivity contribution is 7.14. The molecule has 0 fully saturated rings. The molecule has 1 amide bonds. The van der Waals surface area contributed by atoms with Crippen LogP contribution in [0.4, 0.5) is 10.8 Å². The van der Waals surface area contributed by atoms with E-state index in [4.69, 9.17) is 4.74 Å². The molecule has 5 nitrogen and oxygen atoms in total. The Kier molecular flexibility index (Phi) is 5.78. The molecule has 150 valence electrons. The molecule has 1 unspecified atom stereocenters. The summed E-state index contributed by atoms with van der Waals surface area (Å²) in [5.41, 5.74) is 2.68. The van der Waals surface area contributed by atoms with Gasteiger partial charge < -0.3 is 4.74 Å². The summed E-state index contributed by atoms with van der Waals surface area (Å²) in [6, 6.07) is 11.4. The van der Waals surface area contributed by atoms with Gasteiger partial charge in [-0.25, -0.2) is 9.78 Å². The van der Waals surface area contributed by atoms with Crippen molar-refractivity contribution in [1.29, 1.82) is 0 Å². The number of amides is 1. The number of hydrogen-bond acceptors (Lipinski definition) is 6. The number of carbonyl (C=O) groups is 2. The number of benzene rings is 1. The number of thiophene rings is 1. The summed E-state index contributed by atoms with van der Waals surface area (Å²) in [6.07, 6.45) is 3.26. The lowest BCUT2D eigenvalue weighted by atomic mass is 9.90. The van der Waals surface area contributed by atoms with Gasteiger partial charge in [0.1, 0.15) is 11.5 Å². The fourth-order valence-electron chi connectivity index (χ4n) is 3.49. The summed E-state index contributed by atoms with van der Waals surface area (Å²) in [4.78, 5) is 32.7. The molecule has 7 heteroatoms. The molecule has 1 aliphatic carbocycles. The van der Waals surface area contributed by atoms with Crippen molar-refractivity contribution in [3.8, 4) is 0 Å². The van der Waals surface area contributed by atoms with E-state index in [-0.39, 0.29) is 18.5 Å². The standard InChI is InChI=1S/C22H22N2O3S2/c1-14-8-9-19-16(10-14)11-20(29-19)21(26)27-12-17-13-28-22(23-17)24(15(2)25)18-6-4-3-5-7-18/h3-7,11,13-14H,8-10,12H2,1-2H3. The third-order valence-corrected chi connectivity index (χ3v) is 7.03. The summed E-state index contributed by atoms with van der Waals surface area (Å²) in [7, 11) is 0. The monoisotopic (exact) mass is 426 g/mol. The van der Waals surface area contributed by atoms with E-state index in [0.29, 0.717) is 21.6 Å². The lowest BCUT2D eigenvalue weighted by molar-refractivity contribution is -0.115. The molecule has 29 heavy (non-hydrogen) atoms. The minimum atomic E-state index is -0.307. The van der Waals surface area contributed by atoms with Crippen molar-refractivity contribution in [2.45, 2.75) is 39.7 Å². The van der Waals surface area contributed by atoms with Crippen molar-refractivity contribution in [2.24, 2.45) is 5.92 Å². The summed E-state index contributed by atoms with van der Waals surface area (Å²) in [5, 5.41) is 2.39. The van der Waals surface area contributed by atoms with E-state index >= 15 is 0 Å². The van der Waals surface area contributed by atoms with Crippen LogP contribution >= 0.6 is 22.7 Å². The van der Waals surface area contributed by atoms with E-state index < -0.39 is 0 Å². The topological polar surface area (TPSA) is 59.5 Å². The minimum Gasteiger partial charge on any atom is -0.455 e. The Morgan fingerprint density at radius 1 is 1.28 bits per heavy atom. The molecular weight excluding hydrogens is 404 g/mol. The van der Waals surface area contributed by atoms with Gasteiger partial charge in [0.2, 0.25) is 5.91 Å². The smallest absolute Gasteiger partial charge is 0.348 e. The van der Waals surface area contributed by atoms with Gasteiger partial charge in [-0.15, -0.1) is 22.7 Å². The van der Waals surface area contributed by atoms with Gasteiger partial charge in [-0.1, -0.05) is 25.1 Å². The third-order valence-electron chi connectivity index (χ3n) is 4.94. The van der Waals surface area contributed by atoms with Gasteiger partial charge in [-0.3, -0.25) is 9.69 Å². The molecule has 0 radical (unpaired) electrons. The largest absolute Gasteiger partial charge is 0.455 e. The molecule has 1 aromatic carbocycles. The maximum Gasteiger partial charge on any atom is 0.348 e. The average molecular weight is 427 g/mol. The van der Waals surface area contributed by atoms with E-state index in [1.54, 1.807) is 16.2 Å². The zero-order valence-electron chi connectivity index (χ0n) is 16.4. The normalized spacial score (nSPS) is 15.6. The first-order chi connectivity index (χ1) is 14.0. The second-order valence-corrected chi connectivity index (χ2v) is 9.27. The molecule has 0 N–H and O–H groups in total. The quantitative estimate of drug-likeness (QED) is 0.515.